The van der Waals surface area contributed by atoms with Crippen LogP contribution in [0.15, 0.2) is 168 Å². The van der Waals surface area contributed by atoms with Crippen LogP contribution in [0.4, 0.5) is 11.4 Å². The van der Waals surface area contributed by atoms with Gasteiger partial charge in [-0.25, -0.2) is 0 Å². The monoisotopic (exact) mass is 578 g/mol. The number of allylic oxidation sites excluding steroid dienone is 4. The molecule has 0 unspecified atom stereocenters. The summed E-state index contributed by atoms with van der Waals surface area (Å²) in [5.41, 5.74) is 10.1. The van der Waals surface area contributed by atoms with E-state index in [2.05, 4.69) is 161 Å². The van der Waals surface area contributed by atoms with Gasteiger partial charge in [-0.15, -0.1) is 0 Å². The fraction of sp³-hybridized carbons (Fsp3) is 0.0476. The summed E-state index contributed by atoms with van der Waals surface area (Å²) in [7, 11) is 0. The second-order valence-electron chi connectivity index (χ2n) is 11.7. The fourth-order valence-corrected chi connectivity index (χ4v) is 6.98. The molecule has 0 bridgehead atoms. The lowest BCUT2D eigenvalue weighted by atomic mass is 9.94. The predicted octanol–water partition coefficient (Wildman–Crippen LogP) is 11.7. The van der Waals surface area contributed by atoms with Gasteiger partial charge in [0.2, 0.25) is 0 Å². The SMILES string of the molecule is C1=CCCC(N(c2ccccc2)c2ccc(-c3cc4ccn(-c5ccccc5)c4c4c3ccc3c5ccccc5oc34)cc2)=C1. The zero-order valence-corrected chi connectivity index (χ0v) is 24.7. The van der Waals surface area contributed by atoms with E-state index in [0.29, 0.717) is 0 Å². The van der Waals surface area contributed by atoms with Gasteiger partial charge >= 0.3 is 0 Å². The van der Waals surface area contributed by atoms with Crippen LogP contribution in [0.2, 0.25) is 0 Å². The highest BCUT2D eigenvalue weighted by Crippen LogP contribution is 2.43. The first-order chi connectivity index (χ1) is 22.3. The Labute approximate surface area is 261 Å². The van der Waals surface area contributed by atoms with Gasteiger partial charge in [0.1, 0.15) is 11.2 Å². The van der Waals surface area contributed by atoms with Gasteiger partial charge in [-0.05, 0) is 96.1 Å². The van der Waals surface area contributed by atoms with Crippen molar-refractivity contribution in [1.82, 2.24) is 4.57 Å². The molecule has 0 amide bonds. The lowest BCUT2D eigenvalue weighted by molar-refractivity contribution is 0.673. The first-order valence-corrected chi connectivity index (χ1v) is 15.6. The molecular weight excluding hydrogens is 548 g/mol. The zero-order valence-electron chi connectivity index (χ0n) is 24.7. The maximum atomic E-state index is 6.66. The summed E-state index contributed by atoms with van der Waals surface area (Å²) in [5.74, 6) is 0. The molecule has 45 heavy (non-hydrogen) atoms. The first kappa shape index (κ1) is 25.7. The molecule has 0 aliphatic heterocycles. The third-order valence-corrected chi connectivity index (χ3v) is 9.06. The molecule has 0 N–H and O–H groups in total. The van der Waals surface area contributed by atoms with E-state index < -0.39 is 0 Å². The molecule has 0 saturated heterocycles. The van der Waals surface area contributed by atoms with Crippen LogP contribution in [0.3, 0.4) is 0 Å². The molecule has 0 spiro atoms. The van der Waals surface area contributed by atoms with Crippen molar-refractivity contribution in [2.45, 2.75) is 12.8 Å². The Bertz CT molecular complexity index is 2410. The smallest absolute Gasteiger partial charge is 0.145 e. The number of nitrogens with zero attached hydrogens (tertiary/aromatic N) is 2. The number of fused-ring (bicyclic) bond motifs is 7. The van der Waals surface area contributed by atoms with E-state index in [1.807, 2.05) is 6.07 Å². The summed E-state index contributed by atoms with van der Waals surface area (Å²) in [6, 6.07) is 47.7. The van der Waals surface area contributed by atoms with E-state index in [1.165, 1.54) is 33.3 Å². The number of rotatable bonds is 5. The molecule has 0 fully saturated rings. The number of anilines is 2. The molecule has 0 radical (unpaired) electrons. The normalized spacial score (nSPS) is 13.2. The highest BCUT2D eigenvalue weighted by Gasteiger charge is 2.20. The van der Waals surface area contributed by atoms with Crippen molar-refractivity contribution >= 4 is 55.0 Å². The van der Waals surface area contributed by atoms with Crippen LogP contribution >= 0.6 is 0 Å². The topological polar surface area (TPSA) is 21.3 Å². The van der Waals surface area contributed by atoms with Crippen LogP contribution in [0.5, 0.6) is 0 Å². The van der Waals surface area contributed by atoms with E-state index in [0.717, 1.165) is 57.1 Å². The fourth-order valence-electron chi connectivity index (χ4n) is 6.98. The van der Waals surface area contributed by atoms with Gasteiger partial charge in [-0.1, -0.05) is 84.9 Å². The molecule has 2 heterocycles. The van der Waals surface area contributed by atoms with E-state index in [-0.39, 0.29) is 0 Å². The maximum absolute atomic E-state index is 6.66. The minimum absolute atomic E-state index is 0.911. The number of hydrogen-bond donors (Lipinski definition) is 0. The minimum Gasteiger partial charge on any atom is -0.455 e. The summed E-state index contributed by atoms with van der Waals surface area (Å²) in [6.07, 6.45) is 10.9. The molecular formula is C42H30N2O. The maximum Gasteiger partial charge on any atom is 0.145 e. The number of furan rings is 1. The summed E-state index contributed by atoms with van der Waals surface area (Å²) in [5, 5.41) is 5.78. The van der Waals surface area contributed by atoms with Crippen LogP contribution < -0.4 is 4.90 Å². The lowest BCUT2D eigenvalue weighted by Crippen LogP contribution is -2.17. The molecule has 214 valence electrons. The molecule has 1 aliphatic carbocycles. The molecule has 0 atom stereocenters. The van der Waals surface area contributed by atoms with Crippen LogP contribution in [0.1, 0.15) is 12.8 Å². The highest BCUT2D eigenvalue weighted by molar-refractivity contribution is 6.25. The number of aromatic nitrogens is 1. The average molecular weight is 579 g/mol. The standard InChI is InChI=1S/C42H30N2O/c1-4-12-31(13-5-1)43-27-26-30-28-38(36-24-25-37-35-18-10-11-19-39(35)45-42(37)40(36)41(30)43)29-20-22-34(23-21-29)44(32-14-6-2-7-15-32)33-16-8-3-9-17-33/h1-8,10-16,18-28H,9,17H2. The quantitative estimate of drug-likeness (QED) is 0.203. The van der Waals surface area contributed by atoms with Crippen LogP contribution in [-0.2, 0) is 0 Å². The van der Waals surface area contributed by atoms with Gasteiger partial charge in [0.05, 0.1) is 10.9 Å². The molecule has 6 aromatic carbocycles. The van der Waals surface area contributed by atoms with Crippen LogP contribution in [-0.4, -0.2) is 4.57 Å². The van der Waals surface area contributed by atoms with Crippen molar-refractivity contribution in [2.24, 2.45) is 0 Å². The Balaban J connectivity index is 1.27. The number of para-hydroxylation sites is 3. The van der Waals surface area contributed by atoms with Crippen molar-refractivity contribution in [3.63, 3.8) is 0 Å². The van der Waals surface area contributed by atoms with E-state index in [1.54, 1.807) is 0 Å². The summed E-state index contributed by atoms with van der Waals surface area (Å²) < 4.78 is 8.95. The molecule has 8 aromatic rings. The van der Waals surface area contributed by atoms with Gasteiger partial charge in [-0.2, -0.15) is 0 Å². The average Bonchev–Trinajstić information content (AvgIpc) is 3.72. The summed E-state index contributed by atoms with van der Waals surface area (Å²) in [6.45, 7) is 0. The second kappa shape index (κ2) is 10.4. The van der Waals surface area contributed by atoms with Gasteiger partial charge in [0.15, 0.2) is 0 Å². The van der Waals surface area contributed by atoms with Crippen molar-refractivity contribution in [3.05, 3.63) is 164 Å². The Hall–Kier alpha value is -5.80. The molecule has 9 rings (SSSR count). The molecule has 3 heteroatoms. The third kappa shape index (κ3) is 4.20. The Kier molecular flexibility index (Phi) is 5.95. The lowest BCUT2D eigenvalue weighted by Gasteiger charge is -2.29. The number of benzene rings is 6. The number of hydrogen-bond acceptors (Lipinski definition) is 2. The zero-order chi connectivity index (χ0) is 29.7. The van der Waals surface area contributed by atoms with E-state index in [4.69, 9.17) is 4.42 Å². The largest absolute Gasteiger partial charge is 0.455 e. The Morgan fingerprint density at radius 1 is 0.644 bits per heavy atom. The second-order valence-corrected chi connectivity index (χ2v) is 11.7. The first-order valence-electron chi connectivity index (χ1n) is 15.6. The van der Waals surface area contributed by atoms with Crippen LogP contribution in [0.25, 0.3) is 60.4 Å². The third-order valence-electron chi connectivity index (χ3n) is 9.06. The molecule has 1 aliphatic rings. The van der Waals surface area contributed by atoms with E-state index >= 15 is 0 Å². The van der Waals surface area contributed by atoms with Crippen molar-refractivity contribution in [1.29, 1.82) is 0 Å². The van der Waals surface area contributed by atoms with Gasteiger partial charge < -0.3 is 13.9 Å². The van der Waals surface area contributed by atoms with Crippen molar-refractivity contribution in [2.75, 3.05) is 4.90 Å². The van der Waals surface area contributed by atoms with Gasteiger partial charge in [0, 0.05) is 45.1 Å². The molecule has 0 saturated carbocycles. The predicted molar refractivity (Wildman–Crippen MR) is 189 cm³/mol. The van der Waals surface area contributed by atoms with Gasteiger partial charge in [-0.3, -0.25) is 0 Å². The van der Waals surface area contributed by atoms with Crippen LogP contribution in [0, 0.1) is 0 Å². The Morgan fingerprint density at radius 3 is 2.18 bits per heavy atom. The highest BCUT2D eigenvalue weighted by atomic mass is 16.3. The Morgan fingerprint density at radius 2 is 1.38 bits per heavy atom. The van der Waals surface area contributed by atoms with Gasteiger partial charge in [0.25, 0.3) is 0 Å². The molecule has 2 aromatic heterocycles. The van der Waals surface area contributed by atoms with E-state index in [9.17, 15) is 0 Å². The van der Waals surface area contributed by atoms with Crippen molar-refractivity contribution in [3.8, 4) is 16.8 Å². The minimum atomic E-state index is 0.911. The summed E-state index contributed by atoms with van der Waals surface area (Å²) in [4.78, 5) is 2.38. The molecule has 3 nitrogen and oxygen atoms in total. The van der Waals surface area contributed by atoms with Crippen molar-refractivity contribution < 1.29 is 4.42 Å². The summed E-state index contributed by atoms with van der Waals surface area (Å²) >= 11 is 0.